The van der Waals surface area contributed by atoms with E-state index in [0.29, 0.717) is 18.8 Å². The molecule has 1 aliphatic carbocycles. The maximum atomic E-state index is 9.81. The summed E-state index contributed by atoms with van der Waals surface area (Å²) in [6, 6.07) is 11.1. The van der Waals surface area contributed by atoms with E-state index in [2.05, 4.69) is 56.9 Å². The van der Waals surface area contributed by atoms with Crippen LogP contribution in [-0.2, 0) is 4.74 Å². The fourth-order valence-electron chi connectivity index (χ4n) is 4.45. The second-order valence-corrected chi connectivity index (χ2v) is 8.21. The molecule has 5 heteroatoms. The zero-order chi connectivity index (χ0) is 19.2. The monoisotopic (exact) mass is 383 g/mol. The maximum absolute atomic E-state index is 9.81. The zero-order valence-corrected chi connectivity index (χ0v) is 16.8. The number of benzene rings is 1. The molecule has 2 heterocycles. The molecule has 0 aromatic heterocycles. The molecule has 2 aliphatic heterocycles. The average molecular weight is 384 g/mol. The van der Waals surface area contributed by atoms with Gasteiger partial charge in [0.2, 0.25) is 0 Å². The number of aliphatic hydroxyl groups excluding tert-OH is 1. The molecular weight excluding hydrogens is 350 g/mol. The van der Waals surface area contributed by atoms with E-state index < -0.39 is 0 Å². The molecule has 0 bridgehead atoms. The lowest BCUT2D eigenvalue weighted by Crippen LogP contribution is -2.53. The fourth-order valence-corrected chi connectivity index (χ4v) is 4.45. The van der Waals surface area contributed by atoms with Crippen LogP contribution in [0.4, 0.5) is 5.69 Å². The Morgan fingerprint density at radius 3 is 2.29 bits per heavy atom. The van der Waals surface area contributed by atoms with Crippen molar-refractivity contribution in [3.63, 3.8) is 0 Å². The van der Waals surface area contributed by atoms with Gasteiger partial charge in [-0.3, -0.25) is 9.80 Å². The quantitative estimate of drug-likeness (QED) is 0.786. The van der Waals surface area contributed by atoms with Crippen molar-refractivity contribution in [1.29, 1.82) is 0 Å². The Labute approximate surface area is 169 Å². The Kier molecular flexibility index (Phi) is 6.87. The van der Waals surface area contributed by atoms with Crippen LogP contribution in [0.3, 0.4) is 0 Å². The van der Waals surface area contributed by atoms with E-state index in [1.165, 1.54) is 5.69 Å². The number of aliphatic hydroxyl groups is 1. The number of likely N-dealkylation sites (tertiary alicyclic amines) is 1. The first kappa shape index (κ1) is 19.7. The number of ether oxygens (including phenoxy) is 1. The number of rotatable bonds is 5. The van der Waals surface area contributed by atoms with E-state index in [-0.39, 0.29) is 6.10 Å². The van der Waals surface area contributed by atoms with E-state index in [1.807, 2.05) is 0 Å². The van der Waals surface area contributed by atoms with Crippen molar-refractivity contribution in [3.05, 3.63) is 30.3 Å². The molecule has 152 valence electrons. The largest absolute Gasteiger partial charge is 0.391 e. The van der Waals surface area contributed by atoms with Crippen LogP contribution in [0.25, 0.3) is 0 Å². The van der Waals surface area contributed by atoms with Crippen molar-refractivity contribution in [2.45, 2.75) is 43.9 Å². The smallest absolute Gasteiger partial charge is 0.108 e. The Hall–Kier alpha value is -1.58. The summed E-state index contributed by atoms with van der Waals surface area (Å²) in [5.74, 6) is 6.49. The van der Waals surface area contributed by atoms with E-state index in [9.17, 15) is 5.11 Å². The lowest BCUT2D eigenvalue weighted by molar-refractivity contribution is -0.0533. The highest BCUT2D eigenvalue weighted by Gasteiger charge is 2.35. The molecule has 0 spiro atoms. The average Bonchev–Trinajstić information content (AvgIpc) is 2.74. The molecule has 3 fully saturated rings. The SMILES string of the molecule is OC1CCC1N1CCC(OCC#CCN2CCN(c3ccccc3)CC2)CC1. The predicted molar refractivity (Wildman–Crippen MR) is 112 cm³/mol. The Bertz CT molecular complexity index is 655. The highest BCUT2D eigenvalue weighted by Crippen LogP contribution is 2.28. The summed E-state index contributed by atoms with van der Waals surface area (Å²) < 4.78 is 5.96. The van der Waals surface area contributed by atoms with E-state index in [0.717, 1.165) is 71.5 Å². The van der Waals surface area contributed by atoms with Gasteiger partial charge in [-0.2, -0.15) is 0 Å². The summed E-state index contributed by atoms with van der Waals surface area (Å²) in [5, 5.41) is 9.81. The van der Waals surface area contributed by atoms with Crippen molar-refractivity contribution >= 4 is 5.69 Å². The molecule has 28 heavy (non-hydrogen) atoms. The first-order valence-corrected chi connectivity index (χ1v) is 10.8. The summed E-state index contributed by atoms with van der Waals surface area (Å²) in [4.78, 5) is 7.31. The summed E-state index contributed by atoms with van der Waals surface area (Å²) in [6.07, 6.45) is 4.48. The second kappa shape index (κ2) is 9.76. The van der Waals surface area contributed by atoms with Gasteiger partial charge in [0.05, 0.1) is 18.8 Å². The van der Waals surface area contributed by atoms with Gasteiger partial charge in [0.15, 0.2) is 0 Å². The molecule has 2 atom stereocenters. The van der Waals surface area contributed by atoms with Gasteiger partial charge in [0.25, 0.3) is 0 Å². The molecule has 2 saturated heterocycles. The Morgan fingerprint density at radius 2 is 1.64 bits per heavy atom. The summed E-state index contributed by atoms with van der Waals surface area (Å²) >= 11 is 0. The standard InChI is InChI=1S/C23H33N3O2/c27-23-9-8-22(23)26-13-10-21(11-14-26)28-19-5-4-12-24-15-17-25(18-16-24)20-6-2-1-3-7-20/h1-3,6-7,21-23,27H,8-19H2. The summed E-state index contributed by atoms with van der Waals surface area (Å²) in [5.41, 5.74) is 1.32. The number of piperidine rings is 1. The van der Waals surface area contributed by atoms with Gasteiger partial charge in [0.1, 0.15) is 6.61 Å². The molecule has 1 N–H and O–H groups in total. The van der Waals surface area contributed by atoms with Gasteiger partial charge in [-0.25, -0.2) is 0 Å². The van der Waals surface area contributed by atoms with Crippen LogP contribution in [0.2, 0.25) is 0 Å². The van der Waals surface area contributed by atoms with Crippen LogP contribution in [0.5, 0.6) is 0 Å². The van der Waals surface area contributed by atoms with Crippen LogP contribution in [-0.4, -0.2) is 85.6 Å². The molecule has 1 aromatic rings. The molecule has 0 radical (unpaired) electrons. The topological polar surface area (TPSA) is 39.2 Å². The van der Waals surface area contributed by atoms with Crippen molar-refractivity contribution < 1.29 is 9.84 Å². The van der Waals surface area contributed by atoms with Gasteiger partial charge >= 0.3 is 0 Å². The lowest BCUT2D eigenvalue weighted by Gasteiger charge is -2.44. The minimum absolute atomic E-state index is 0.0992. The molecule has 5 nitrogen and oxygen atoms in total. The lowest BCUT2D eigenvalue weighted by atomic mass is 9.86. The molecule has 1 aromatic carbocycles. The van der Waals surface area contributed by atoms with Crippen molar-refractivity contribution in [3.8, 4) is 11.8 Å². The number of hydrogen-bond acceptors (Lipinski definition) is 5. The van der Waals surface area contributed by atoms with Crippen LogP contribution >= 0.6 is 0 Å². The fraction of sp³-hybridized carbons (Fsp3) is 0.652. The van der Waals surface area contributed by atoms with Gasteiger partial charge in [0, 0.05) is 51.0 Å². The highest BCUT2D eigenvalue weighted by atomic mass is 16.5. The summed E-state index contributed by atoms with van der Waals surface area (Å²) in [6.45, 7) is 7.74. The number of hydrogen-bond donors (Lipinski definition) is 1. The molecule has 3 aliphatic rings. The van der Waals surface area contributed by atoms with Crippen LogP contribution in [0.15, 0.2) is 30.3 Å². The third-order valence-electron chi connectivity index (χ3n) is 6.46. The van der Waals surface area contributed by atoms with Crippen LogP contribution < -0.4 is 4.90 Å². The molecular formula is C23H33N3O2. The second-order valence-electron chi connectivity index (χ2n) is 8.21. The third kappa shape index (κ3) is 5.07. The highest BCUT2D eigenvalue weighted by molar-refractivity contribution is 5.46. The minimum atomic E-state index is -0.0992. The molecule has 1 saturated carbocycles. The van der Waals surface area contributed by atoms with E-state index >= 15 is 0 Å². The normalized spacial score (nSPS) is 27.1. The summed E-state index contributed by atoms with van der Waals surface area (Å²) in [7, 11) is 0. The number of para-hydroxylation sites is 1. The van der Waals surface area contributed by atoms with Gasteiger partial charge in [-0.05, 0) is 37.8 Å². The Balaban J connectivity index is 1.09. The number of nitrogens with zero attached hydrogens (tertiary/aromatic N) is 3. The number of piperazine rings is 1. The molecule has 4 rings (SSSR count). The molecule has 0 amide bonds. The van der Waals surface area contributed by atoms with Crippen LogP contribution in [0.1, 0.15) is 25.7 Å². The Morgan fingerprint density at radius 1 is 0.893 bits per heavy atom. The molecule has 2 unspecified atom stereocenters. The van der Waals surface area contributed by atoms with Crippen molar-refractivity contribution in [2.24, 2.45) is 0 Å². The number of anilines is 1. The first-order valence-electron chi connectivity index (χ1n) is 10.8. The van der Waals surface area contributed by atoms with E-state index in [4.69, 9.17) is 4.74 Å². The van der Waals surface area contributed by atoms with E-state index in [1.54, 1.807) is 0 Å². The van der Waals surface area contributed by atoms with Gasteiger partial charge < -0.3 is 14.7 Å². The zero-order valence-electron chi connectivity index (χ0n) is 16.8. The van der Waals surface area contributed by atoms with Gasteiger partial charge in [-0.1, -0.05) is 30.0 Å². The maximum Gasteiger partial charge on any atom is 0.108 e. The van der Waals surface area contributed by atoms with Crippen molar-refractivity contribution in [2.75, 3.05) is 57.3 Å². The van der Waals surface area contributed by atoms with Crippen molar-refractivity contribution in [1.82, 2.24) is 9.80 Å². The predicted octanol–water partition coefficient (Wildman–Crippen LogP) is 1.82. The first-order chi connectivity index (χ1) is 13.8. The van der Waals surface area contributed by atoms with Crippen LogP contribution in [0, 0.1) is 11.8 Å². The third-order valence-corrected chi connectivity index (χ3v) is 6.46. The minimum Gasteiger partial charge on any atom is -0.391 e. The van der Waals surface area contributed by atoms with Gasteiger partial charge in [-0.15, -0.1) is 0 Å².